The van der Waals surface area contributed by atoms with E-state index < -0.39 is 0 Å². The molecule has 2 aromatic rings. The predicted molar refractivity (Wildman–Crippen MR) is 138 cm³/mol. The fourth-order valence-corrected chi connectivity index (χ4v) is 5.66. The molecule has 0 radical (unpaired) electrons. The molecule has 0 spiro atoms. The summed E-state index contributed by atoms with van der Waals surface area (Å²) in [6.07, 6.45) is 0. The maximum absolute atomic E-state index is 3.71. The number of rotatable bonds is 5. The largest absolute Gasteiger partial charge is 0.381 e. The summed E-state index contributed by atoms with van der Waals surface area (Å²) in [4.78, 5) is 0. The molecule has 2 N–H and O–H groups in total. The second kappa shape index (κ2) is 9.40. The molecule has 0 atom stereocenters. The van der Waals surface area contributed by atoms with Gasteiger partial charge in [-0.15, -0.1) is 0 Å². The molecule has 0 unspecified atom stereocenters. The summed E-state index contributed by atoms with van der Waals surface area (Å²) in [6.45, 7) is 14.9. The molecule has 6 heteroatoms. The molecular formula is C22H28Br4N2. The zero-order valence-corrected chi connectivity index (χ0v) is 23.6. The summed E-state index contributed by atoms with van der Waals surface area (Å²) in [5.74, 6) is 0. The maximum atomic E-state index is 3.71. The zero-order valence-electron chi connectivity index (χ0n) is 17.2. The van der Waals surface area contributed by atoms with E-state index in [0.29, 0.717) is 0 Å². The Bertz CT molecular complexity index is 731. The quantitative estimate of drug-likeness (QED) is 0.320. The topological polar surface area (TPSA) is 24.1 Å². The normalized spacial score (nSPS) is 12.2. The van der Waals surface area contributed by atoms with E-state index in [-0.39, 0.29) is 10.8 Å². The number of halogens is 4. The Morgan fingerprint density at radius 3 is 1.04 bits per heavy atom. The van der Waals surface area contributed by atoms with Crippen molar-refractivity contribution in [1.29, 1.82) is 0 Å². The molecule has 0 aliphatic carbocycles. The maximum Gasteiger partial charge on any atom is 0.0629 e. The highest BCUT2D eigenvalue weighted by atomic mass is 79.9. The molecule has 0 saturated carbocycles. The van der Waals surface area contributed by atoms with Crippen molar-refractivity contribution in [1.82, 2.24) is 0 Å². The summed E-state index contributed by atoms with van der Waals surface area (Å²) in [5, 5.41) is 7.04. The third-order valence-electron chi connectivity index (χ3n) is 4.54. The van der Waals surface area contributed by atoms with Crippen molar-refractivity contribution in [2.75, 3.05) is 23.7 Å². The zero-order chi connectivity index (χ0) is 21.3. The van der Waals surface area contributed by atoms with Crippen molar-refractivity contribution < 1.29 is 0 Å². The van der Waals surface area contributed by atoms with Gasteiger partial charge in [-0.1, -0.05) is 41.5 Å². The van der Waals surface area contributed by atoms with Gasteiger partial charge in [0.2, 0.25) is 0 Å². The molecule has 0 bridgehead atoms. The summed E-state index contributed by atoms with van der Waals surface area (Å²) in [7, 11) is 0. The van der Waals surface area contributed by atoms with Crippen LogP contribution in [0.2, 0.25) is 0 Å². The van der Waals surface area contributed by atoms with Crippen LogP contribution in [-0.4, -0.2) is 13.1 Å². The van der Waals surface area contributed by atoms with Crippen molar-refractivity contribution >= 4 is 75.1 Å². The Kier molecular flexibility index (Phi) is 8.14. The van der Waals surface area contributed by atoms with Gasteiger partial charge in [0.05, 0.1) is 11.4 Å². The Morgan fingerprint density at radius 1 is 0.571 bits per heavy atom. The van der Waals surface area contributed by atoms with Crippen LogP contribution in [0.4, 0.5) is 11.4 Å². The van der Waals surface area contributed by atoms with Gasteiger partial charge in [0.25, 0.3) is 0 Å². The fraction of sp³-hybridized carbons (Fsp3) is 0.455. The predicted octanol–water partition coefficient (Wildman–Crippen LogP) is 8.86. The first-order valence-electron chi connectivity index (χ1n) is 9.27. The minimum absolute atomic E-state index is 0.114. The summed E-state index contributed by atoms with van der Waals surface area (Å²) >= 11 is 14.8. The second-order valence-corrected chi connectivity index (χ2v) is 12.4. The van der Waals surface area contributed by atoms with Gasteiger partial charge < -0.3 is 10.6 Å². The lowest BCUT2D eigenvalue weighted by Crippen LogP contribution is -2.16. The lowest BCUT2D eigenvalue weighted by atomic mass is 9.87. The number of hydrogen-bond acceptors (Lipinski definition) is 2. The summed E-state index contributed by atoms with van der Waals surface area (Å²) < 4.78 is 4.29. The number of hydrogen-bond donors (Lipinski definition) is 2. The Labute approximate surface area is 203 Å². The SMILES string of the molecule is CC(C)(C)c1cc(Br)c(NCCNc2c(Br)cc(C(C)(C)C)cc2Br)c(Br)c1. The lowest BCUT2D eigenvalue weighted by Gasteiger charge is -2.22. The number of benzene rings is 2. The van der Waals surface area contributed by atoms with Crippen molar-refractivity contribution in [3.8, 4) is 0 Å². The van der Waals surface area contributed by atoms with Crippen LogP contribution in [0, 0.1) is 0 Å². The molecular weight excluding hydrogens is 612 g/mol. The summed E-state index contributed by atoms with van der Waals surface area (Å²) in [6, 6.07) is 8.77. The highest BCUT2D eigenvalue weighted by molar-refractivity contribution is 9.11. The van der Waals surface area contributed by atoms with Crippen molar-refractivity contribution in [2.24, 2.45) is 0 Å². The average molecular weight is 640 g/mol. The number of anilines is 2. The van der Waals surface area contributed by atoms with Crippen LogP contribution in [0.1, 0.15) is 52.7 Å². The van der Waals surface area contributed by atoms with Gasteiger partial charge in [-0.05, 0) is 110 Å². The van der Waals surface area contributed by atoms with E-state index in [0.717, 1.165) is 42.4 Å². The Hall–Kier alpha value is -0.0400. The van der Waals surface area contributed by atoms with Crippen LogP contribution in [0.3, 0.4) is 0 Å². The van der Waals surface area contributed by atoms with E-state index in [1.54, 1.807) is 0 Å². The van der Waals surface area contributed by atoms with E-state index in [4.69, 9.17) is 0 Å². The van der Waals surface area contributed by atoms with E-state index in [9.17, 15) is 0 Å². The third kappa shape index (κ3) is 6.23. The van der Waals surface area contributed by atoms with Crippen LogP contribution in [0.15, 0.2) is 42.2 Å². The van der Waals surface area contributed by atoms with Crippen molar-refractivity contribution in [2.45, 2.75) is 52.4 Å². The molecule has 154 valence electrons. The van der Waals surface area contributed by atoms with Crippen LogP contribution in [-0.2, 0) is 10.8 Å². The fourth-order valence-electron chi connectivity index (χ4n) is 2.73. The molecule has 0 saturated heterocycles. The molecule has 0 aliphatic rings. The Balaban J connectivity index is 2.04. The average Bonchev–Trinajstić information content (AvgIpc) is 2.53. The first kappa shape index (κ1) is 24.2. The van der Waals surface area contributed by atoms with Crippen LogP contribution < -0.4 is 10.6 Å². The molecule has 0 aliphatic heterocycles. The van der Waals surface area contributed by atoms with Gasteiger partial charge in [-0.25, -0.2) is 0 Å². The highest BCUT2D eigenvalue weighted by Gasteiger charge is 2.18. The monoisotopic (exact) mass is 636 g/mol. The minimum atomic E-state index is 0.114. The minimum Gasteiger partial charge on any atom is -0.381 e. The van der Waals surface area contributed by atoms with E-state index in [1.165, 1.54) is 11.1 Å². The summed E-state index contributed by atoms with van der Waals surface area (Å²) in [5.41, 5.74) is 4.97. The van der Waals surface area contributed by atoms with Gasteiger partial charge in [0, 0.05) is 31.0 Å². The highest BCUT2D eigenvalue weighted by Crippen LogP contribution is 2.37. The van der Waals surface area contributed by atoms with E-state index in [1.807, 2.05) is 0 Å². The standard InChI is InChI=1S/C22H28Br4N2/c1-21(2,3)13-9-15(23)19(16(24)10-13)27-7-8-28-20-17(25)11-14(12-18(20)26)22(4,5)6/h9-12,27-28H,7-8H2,1-6H3. The lowest BCUT2D eigenvalue weighted by molar-refractivity contribution is 0.589. The molecule has 0 fully saturated rings. The first-order valence-corrected chi connectivity index (χ1v) is 12.4. The molecule has 0 aromatic heterocycles. The second-order valence-electron chi connectivity index (χ2n) is 8.98. The molecule has 0 heterocycles. The number of nitrogens with one attached hydrogen (secondary N) is 2. The van der Waals surface area contributed by atoms with Crippen LogP contribution >= 0.6 is 63.7 Å². The van der Waals surface area contributed by atoms with Gasteiger partial charge in [-0.3, -0.25) is 0 Å². The Morgan fingerprint density at radius 2 is 0.821 bits per heavy atom. The molecule has 28 heavy (non-hydrogen) atoms. The smallest absolute Gasteiger partial charge is 0.0629 e. The van der Waals surface area contributed by atoms with Gasteiger partial charge in [0.1, 0.15) is 0 Å². The molecule has 2 aromatic carbocycles. The van der Waals surface area contributed by atoms with Gasteiger partial charge in [0.15, 0.2) is 0 Å². The van der Waals surface area contributed by atoms with Crippen LogP contribution in [0.5, 0.6) is 0 Å². The molecule has 0 amide bonds. The van der Waals surface area contributed by atoms with E-state index in [2.05, 4.69) is 140 Å². The first-order chi connectivity index (χ1) is 12.8. The molecule has 2 nitrogen and oxygen atoms in total. The van der Waals surface area contributed by atoms with Crippen molar-refractivity contribution in [3.05, 3.63) is 53.3 Å². The van der Waals surface area contributed by atoms with Crippen molar-refractivity contribution in [3.63, 3.8) is 0 Å². The molecule has 2 rings (SSSR count). The van der Waals surface area contributed by atoms with Gasteiger partial charge >= 0.3 is 0 Å². The van der Waals surface area contributed by atoms with E-state index >= 15 is 0 Å². The third-order valence-corrected chi connectivity index (χ3v) is 7.05. The van der Waals surface area contributed by atoms with Gasteiger partial charge in [-0.2, -0.15) is 0 Å². The van der Waals surface area contributed by atoms with Crippen LogP contribution in [0.25, 0.3) is 0 Å².